The maximum Gasteiger partial charge on any atom is 0.0109 e. The van der Waals surface area contributed by atoms with E-state index >= 15 is 0 Å². The molecule has 1 N–H and O–H groups in total. The molecule has 1 aliphatic carbocycles. The monoisotopic (exact) mass is 143 g/mol. The topological polar surface area (TPSA) is 23.9 Å². The van der Waals surface area contributed by atoms with Crippen LogP contribution in [0.3, 0.4) is 0 Å². The van der Waals surface area contributed by atoms with E-state index in [1.165, 1.54) is 0 Å². The van der Waals surface area contributed by atoms with Crippen LogP contribution in [0.25, 0.3) is 0 Å². The molecule has 9 heavy (non-hydrogen) atoms. The molecule has 1 rings (SSSR count). The fourth-order valence-corrected chi connectivity index (χ4v) is 1.31. The quantitative estimate of drug-likeness (QED) is 0.486. The van der Waals surface area contributed by atoms with Crippen molar-refractivity contribution in [3.63, 3.8) is 0 Å². The van der Waals surface area contributed by atoms with Gasteiger partial charge in [0.1, 0.15) is 0 Å². The molecule has 0 saturated heterocycles. The third-order valence-corrected chi connectivity index (χ3v) is 2.38. The summed E-state index contributed by atoms with van der Waals surface area (Å²) in [7, 11) is 0. The van der Waals surface area contributed by atoms with Crippen LogP contribution in [0.2, 0.25) is 0 Å². The Kier molecular flexibility index (Phi) is 1.85. The third-order valence-electron chi connectivity index (χ3n) is 1.93. The molecule has 0 aromatic rings. The summed E-state index contributed by atoms with van der Waals surface area (Å²) in [6, 6.07) is 0. The summed E-state index contributed by atoms with van der Waals surface area (Å²) in [5.41, 5.74) is 0.904. The molecule has 2 heteroatoms. The second-order valence-electron chi connectivity index (χ2n) is 3.10. The van der Waals surface area contributed by atoms with Gasteiger partial charge in [-0.15, -0.1) is 0 Å². The van der Waals surface area contributed by atoms with Crippen LogP contribution in [0.4, 0.5) is 0 Å². The van der Waals surface area contributed by atoms with Crippen molar-refractivity contribution < 1.29 is 0 Å². The van der Waals surface area contributed by atoms with Crippen molar-refractivity contribution in [2.75, 3.05) is 0 Å². The van der Waals surface area contributed by atoms with Gasteiger partial charge in [0.15, 0.2) is 0 Å². The van der Waals surface area contributed by atoms with Gasteiger partial charge in [-0.3, -0.25) is 0 Å². The van der Waals surface area contributed by atoms with E-state index in [0.717, 1.165) is 31.4 Å². The molecule has 0 aliphatic heterocycles. The van der Waals surface area contributed by atoms with Gasteiger partial charge in [-0.05, 0) is 25.7 Å². The summed E-state index contributed by atoms with van der Waals surface area (Å²) in [5.74, 6) is 0. The maximum atomic E-state index is 7.33. The fourth-order valence-electron chi connectivity index (χ4n) is 1.09. The average molecular weight is 143 g/mol. The molecule has 0 atom stereocenters. The molecular weight excluding hydrogens is 130 g/mol. The van der Waals surface area contributed by atoms with E-state index in [9.17, 15) is 0 Å². The van der Waals surface area contributed by atoms with E-state index in [4.69, 9.17) is 5.41 Å². The molecular formula is C7H13NS. The highest BCUT2D eigenvalue weighted by atomic mass is 32.1. The van der Waals surface area contributed by atoms with Gasteiger partial charge in [0.2, 0.25) is 0 Å². The van der Waals surface area contributed by atoms with Crippen molar-refractivity contribution >= 4 is 18.3 Å². The van der Waals surface area contributed by atoms with Gasteiger partial charge in [0.25, 0.3) is 0 Å². The summed E-state index contributed by atoms with van der Waals surface area (Å²) < 4.78 is 0.213. The lowest BCUT2D eigenvalue weighted by atomic mass is 9.89. The van der Waals surface area contributed by atoms with Crippen molar-refractivity contribution in [3.05, 3.63) is 0 Å². The van der Waals surface area contributed by atoms with Crippen LogP contribution in [0.15, 0.2) is 0 Å². The predicted molar refractivity (Wildman–Crippen MR) is 43.6 cm³/mol. The predicted octanol–water partition coefficient (Wildman–Crippen LogP) is 2.27. The van der Waals surface area contributed by atoms with Gasteiger partial charge in [-0.2, -0.15) is 12.6 Å². The SMILES string of the molecule is CC1(S)CCC(=N)CC1. The van der Waals surface area contributed by atoms with Gasteiger partial charge in [0.05, 0.1) is 0 Å². The second kappa shape index (κ2) is 2.33. The molecule has 0 aromatic heterocycles. The van der Waals surface area contributed by atoms with Crippen molar-refractivity contribution in [1.82, 2.24) is 0 Å². The Morgan fingerprint density at radius 2 is 1.89 bits per heavy atom. The first-order valence-corrected chi connectivity index (χ1v) is 3.84. The molecule has 1 aliphatic rings. The highest BCUT2D eigenvalue weighted by Gasteiger charge is 2.23. The molecule has 0 aromatic carbocycles. The molecule has 1 nitrogen and oxygen atoms in total. The first-order valence-electron chi connectivity index (χ1n) is 3.39. The van der Waals surface area contributed by atoms with E-state index in [-0.39, 0.29) is 4.75 Å². The van der Waals surface area contributed by atoms with Crippen LogP contribution in [0, 0.1) is 5.41 Å². The summed E-state index contributed by atoms with van der Waals surface area (Å²) >= 11 is 4.46. The lowest BCUT2D eigenvalue weighted by Gasteiger charge is -2.28. The van der Waals surface area contributed by atoms with E-state index < -0.39 is 0 Å². The molecule has 52 valence electrons. The van der Waals surface area contributed by atoms with Crippen molar-refractivity contribution in [1.29, 1.82) is 5.41 Å². The summed E-state index contributed by atoms with van der Waals surface area (Å²) in [6.07, 6.45) is 4.07. The van der Waals surface area contributed by atoms with Crippen LogP contribution < -0.4 is 0 Å². The molecule has 0 amide bonds. The molecule has 0 heterocycles. The Labute approximate surface area is 61.8 Å². The van der Waals surface area contributed by atoms with Crippen LogP contribution in [0.1, 0.15) is 32.6 Å². The molecule has 0 radical (unpaired) electrons. The standard InChI is InChI=1S/C7H13NS/c1-7(9)4-2-6(8)3-5-7/h8-9H,2-5H2,1H3. The number of thiol groups is 1. The van der Waals surface area contributed by atoms with Gasteiger partial charge in [-0.25, -0.2) is 0 Å². The van der Waals surface area contributed by atoms with E-state index in [1.807, 2.05) is 0 Å². The van der Waals surface area contributed by atoms with Gasteiger partial charge in [-0.1, -0.05) is 6.92 Å². The lowest BCUT2D eigenvalue weighted by Crippen LogP contribution is -2.24. The van der Waals surface area contributed by atoms with Gasteiger partial charge >= 0.3 is 0 Å². The third kappa shape index (κ3) is 2.01. The zero-order chi connectivity index (χ0) is 6.91. The Morgan fingerprint density at radius 1 is 1.44 bits per heavy atom. The smallest absolute Gasteiger partial charge is 0.0109 e. The number of hydrogen-bond acceptors (Lipinski definition) is 2. The van der Waals surface area contributed by atoms with Crippen LogP contribution in [-0.2, 0) is 0 Å². The highest BCUT2D eigenvalue weighted by molar-refractivity contribution is 7.81. The van der Waals surface area contributed by atoms with Crippen LogP contribution in [0.5, 0.6) is 0 Å². The Hall–Kier alpha value is 0.0200. The molecule has 1 saturated carbocycles. The number of hydrogen-bond donors (Lipinski definition) is 2. The minimum absolute atomic E-state index is 0.213. The number of rotatable bonds is 0. The fraction of sp³-hybridized carbons (Fsp3) is 0.857. The molecule has 0 spiro atoms. The second-order valence-corrected chi connectivity index (χ2v) is 4.18. The molecule has 0 unspecified atom stereocenters. The zero-order valence-corrected chi connectivity index (χ0v) is 6.67. The average Bonchev–Trinajstić information content (AvgIpc) is 1.78. The minimum atomic E-state index is 0.213. The molecule has 0 bridgehead atoms. The van der Waals surface area contributed by atoms with Crippen LogP contribution >= 0.6 is 12.6 Å². The maximum absolute atomic E-state index is 7.33. The first kappa shape index (κ1) is 7.13. The Balaban J connectivity index is 2.44. The van der Waals surface area contributed by atoms with Gasteiger partial charge < -0.3 is 5.41 Å². The normalized spacial score (nSPS) is 36.9. The Morgan fingerprint density at radius 3 is 2.22 bits per heavy atom. The van der Waals surface area contributed by atoms with Crippen molar-refractivity contribution in [3.8, 4) is 0 Å². The summed E-state index contributed by atoms with van der Waals surface area (Å²) in [5, 5.41) is 7.33. The minimum Gasteiger partial charge on any atom is -0.310 e. The summed E-state index contributed by atoms with van der Waals surface area (Å²) in [4.78, 5) is 0. The number of nitrogens with one attached hydrogen (secondary N) is 1. The largest absolute Gasteiger partial charge is 0.310 e. The Bertz CT molecular complexity index is 117. The van der Waals surface area contributed by atoms with Gasteiger partial charge in [0, 0.05) is 10.5 Å². The highest BCUT2D eigenvalue weighted by Crippen LogP contribution is 2.31. The zero-order valence-electron chi connectivity index (χ0n) is 5.78. The first-order chi connectivity index (χ1) is 4.10. The van der Waals surface area contributed by atoms with Crippen molar-refractivity contribution in [2.45, 2.75) is 37.4 Å². The lowest BCUT2D eigenvalue weighted by molar-refractivity contribution is 0.535. The van der Waals surface area contributed by atoms with Crippen LogP contribution in [-0.4, -0.2) is 10.5 Å². The van der Waals surface area contributed by atoms with Crippen molar-refractivity contribution in [2.24, 2.45) is 0 Å². The van der Waals surface area contributed by atoms with E-state index in [0.29, 0.717) is 0 Å². The summed E-state index contributed by atoms with van der Waals surface area (Å²) in [6.45, 7) is 2.16. The van der Waals surface area contributed by atoms with E-state index in [2.05, 4.69) is 19.6 Å². The van der Waals surface area contributed by atoms with E-state index in [1.54, 1.807) is 0 Å². The molecule has 1 fully saturated rings.